The summed E-state index contributed by atoms with van der Waals surface area (Å²) in [7, 11) is 0. The Kier molecular flexibility index (Phi) is 5.89. The normalized spacial score (nSPS) is 15.7. The first-order valence-electron chi connectivity index (χ1n) is 15.7. The summed E-state index contributed by atoms with van der Waals surface area (Å²) in [6.45, 7) is 0. The minimum atomic E-state index is -0.429. The molecule has 3 nitrogen and oxygen atoms in total. The average molecular weight is 636 g/mol. The summed E-state index contributed by atoms with van der Waals surface area (Å²) in [5, 5.41) is 3.55. The molecule has 2 aliphatic rings. The van der Waals surface area contributed by atoms with Crippen molar-refractivity contribution in [2.45, 2.75) is 15.2 Å². The first kappa shape index (κ1) is 26.8. The molecule has 1 atom stereocenters. The van der Waals surface area contributed by atoms with Crippen LogP contribution in [-0.2, 0) is 5.41 Å². The predicted octanol–water partition coefficient (Wildman–Crippen LogP) is 10.9. The number of benzene rings is 6. The fourth-order valence-electron chi connectivity index (χ4n) is 7.52. The second-order valence-corrected chi connectivity index (χ2v) is 14.0. The van der Waals surface area contributed by atoms with Crippen molar-refractivity contribution in [2.75, 3.05) is 0 Å². The van der Waals surface area contributed by atoms with Gasteiger partial charge in [-0.3, -0.25) is 0 Å². The van der Waals surface area contributed by atoms with Crippen LogP contribution in [0.5, 0.6) is 0 Å². The summed E-state index contributed by atoms with van der Waals surface area (Å²) in [6.07, 6.45) is 0. The minimum Gasteiger partial charge on any atom is -0.208 e. The van der Waals surface area contributed by atoms with Crippen molar-refractivity contribution in [2.24, 2.45) is 0 Å². The van der Waals surface area contributed by atoms with Crippen LogP contribution in [0.1, 0.15) is 22.3 Å². The number of nitrogens with zero attached hydrogens (tertiary/aromatic N) is 3. The van der Waals surface area contributed by atoms with Gasteiger partial charge in [0, 0.05) is 36.6 Å². The fourth-order valence-corrected chi connectivity index (χ4v) is 9.55. The van der Waals surface area contributed by atoms with Crippen LogP contribution in [0.2, 0.25) is 0 Å². The molecule has 220 valence electrons. The fraction of sp³-hybridized carbons (Fsp3) is 0.0238. The van der Waals surface area contributed by atoms with Crippen LogP contribution in [0.3, 0.4) is 0 Å². The van der Waals surface area contributed by atoms with E-state index in [-0.39, 0.29) is 0 Å². The molecular formula is C42H25N3S2. The number of rotatable bonds is 3. The number of aromatic nitrogens is 3. The average Bonchev–Trinajstić information content (AvgIpc) is 3.74. The molecule has 0 N–H and O–H groups in total. The van der Waals surface area contributed by atoms with Gasteiger partial charge in [0.2, 0.25) is 0 Å². The van der Waals surface area contributed by atoms with Gasteiger partial charge in [0.15, 0.2) is 17.5 Å². The molecule has 0 saturated heterocycles. The van der Waals surface area contributed by atoms with Gasteiger partial charge < -0.3 is 0 Å². The quantitative estimate of drug-likeness (QED) is 0.194. The number of thiophene rings is 1. The molecule has 6 aromatic carbocycles. The monoisotopic (exact) mass is 635 g/mol. The van der Waals surface area contributed by atoms with E-state index in [1.165, 1.54) is 53.3 Å². The Hall–Kier alpha value is -5.36. The smallest absolute Gasteiger partial charge is 0.164 e. The molecule has 3 heterocycles. The molecule has 1 unspecified atom stereocenters. The zero-order valence-corrected chi connectivity index (χ0v) is 26.7. The van der Waals surface area contributed by atoms with Crippen LogP contribution in [0, 0.1) is 0 Å². The van der Waals surface area contributed by atoms with E-state index < -0.39 is 5.41 Å². The maximum absolute atomic E-state index is 5.05. The second kappa shape index (κ2) is 10.3. The first-order valence-corrected chi connectivity index (χ1v) is 17.4. The van der Waals surface area contributed by atoms with E-state index in [1.807, 2.05) is 59.5 Å². The molecule has 1 spiro atoms. The van der Waals surface area contributed by atoms with Gasteiger partial charge in [-0.1, -0.05) is 133 Å². The molecule has 8 aromatic rings. The van der Waals surface area contributed by atoms with Crippen LogP contribution >= 0.6 is 23.1 Å². The number of fused-ring (bicyclic) bond motifs is 11. The zero-order chi connectivity index (χ0) is 31.0. The van der Waals surface area contributed by atoms with Crippen molar-refractivity contribution >= 4 is 33.2 Å². The Morgan fingerprint density at radius 2 is 1.04 bits per heavy atom. The highest BCUT2D eigenvalue weighted by Crippen LogP contribution is 2.63. The maximum Gasteiger partial charge on any atom is 0.164 e. The molecule has 0 saturated carbocycles. The summed E-state index contributed by atoms with van der Waals surface area (Å²) < 4.78 is 1.32. The Bertz CT molecular complexity index is 2450. The number of hydrogen-bond donors (Lipinski definition) is 0. The standard InChI is InChI=1S/C42H25N3S2/c1-3-11-26(12-4-1)39-43-40(27-13-5-2-6-14-27)45-41(44-39)28-19-20-33-37(25-28)47-36-18-10-9-17-32(36)42(33)31-16-8-7-15-29(31)38-30-23-24-46-35(30)22-21-34(38)42/h1-25H. The molecule has 1 aliphatic carbocycles. The van der Waals surface area contributed by atoms with E-state index in [0.717, 1.165) is 16.7 Å². The summed E-state index contributed by atoms with van der Waals surface area (Å²) >= 11 is 3.65. The van der Waals surface area contributed by atoms with Gasteiger partial charge in [-0.25, -0.2) is 15.0 Å². The third kappa shape index (κ3) is 3.91. The molecule has 47 heavy (non-hydrogen) atoms. The summed E-state index contributed by atoms with van der Waals surface area (Å²) in [6, 6.07) is 52.1. The van der Waals surface area contributed by atoms with Gasteiger partial charge in [0.1, 0.15) is 0 Å². The highest BCUT2D eigenvalue weighted by atomic mass is 32.2. The maximum atomic E-state index is 5.05. The van der Waals surface area contributed by atoms with Crippen LogP contribution in [-0.4, -0.2) is 15.0 Å². The molecule has 0 bridgehead atoms. The Morgan fingerprint density at radius 3 is 1.79 bits per heavy atom. The van der Waals surface area contributed by atoms with Crippen molar-refractivity contribution in [3.05, 3.63) is 173 Å². The van der Waals surface area contributed by atoms with Gasteiger partial charge in [0.25, 0.3) is 0 Å². The lowest BCUT2D eigenvalue weighted by Gasteiger charge is -2.39. The second-order valence-electron chi connectivity index (χ2n) is 12.0. The van der Waals surface area contributed by atoms with Crippen LogP contribution in [0.15, 0.2) is 161 Å². The third-order valence-electron chi connectivity index (χ3n) is 9.49. The highest BCUT2D eigenvalue weighted by molar-refractivity contribution is 7.99. The predicted molar refractivity (Wildman–Crippen MR) is 193 cm³/mol. The lowest BCUT2D eigenvalue weighted by Crippen LogP contribution is -2.32. The van der Waals surface area contributed by atoms with E-state index in [2.05, 4.69) is 115 Å². The van der Waals surface area contributed by atoms with E-state index in [0.29, 0.717) is 17.5 Å². The molecule has 0 radical (unpaired) electrons. The van der Waals surface area contributed by atoms with Gasteiger partial charge >= 0.3 is 0 Å². The van der Waals surface area contributed by atoms with E-state index in [1.54, 1.807) is 0 Å². The molecule has 10 rings (SSSR count). The van der Waals surface area contributed by atoms with Gasteiger partial charge in [-0.05, 0) is 63.0 Å². The molecule has 1 aliphatic heterocycles. The summed E-state index contributed by atoms with van der Waals surface area (Å²) in [4.78, 5) is 17.5. The van der Waals surface area contributed by atoms with Crippen LogP contribution in [0.25, 0.3) is 55.4 Å². The molecule has 0 amide bonds. The largest absolute Gasteiger partial charge is 0.208 e. The Labute approximate surface area is 280 Å². The lowest BCUT2D eigenvalue weighted by molar-refractivity contribution is 0.723. The van der Waals surface area contributed by atoms with Gasteiger partial charge in [0.05, 0.1) is 5.41 Å². The van der Waals surface area contributed by atoms with Crippen molar-refractivity contribution < 1.29 is 0 Å². The lowest BCUT2D eigenvalue weighted by atomic mass is 9.67. The Morgan fingerprint density at radius 1 is 0.447 bits per heavy atom. The minimum absolute atomic E-state index is 0.429. The van der Waals surface area contributed by atoms with E-state index >= 15 is 0 Å². The van der Waals surface area contributed by atoms with Crippen molar-refractivity contribution in [3.8, 4) is 45.3 Å². The molecular weight excluding hydrogens is 611 g/mol. The molecule has 0 fully saturated rings. The molecule has 5 heteroatoms. The zero-order valence-electron chi connectivity index (χ0n) is 25.1. The van der Waals surface area contributed by atoms with Crippen molar-refractivity contribution in [1.82, 2.24) is 15.0 Å². The summed E-state index contributed by atoms with van der Waals surface area (Å²) in [5.41, 5.74) is 10.5. The van der Waals surface area contributed by atoms with Crippen molar-refractivity contribution in [3.63, 3.8) is 0 Å². The molecule has 2 aromatic heterocycles. The Balaban J connectivity index is 1.23. The van der Waals surface area contributed by atoms with E-state index in [9.17, 15) is 0 Å². The summed E-state index contributed by atoms with van der Waals surface area (Å²) in [5.74, 6) is 2.00. The van der Waals surface area contributed by atoms with Crippen LogP contribution in [0.4, 0.5) is 0 Å². The van der Waals surface area contributed by atoms with Crippen molar-refractivity contribution in [1.29, 1.82) is 0 Å². The highest BCUT2D eigenvalue weighted by Gasteiger charge is 2.50. The van der Waals surface area contributed by atoms with Gasteiger partial charge in [-0.15, -0.1) is 11.3 Å². The SMILES string of the molecule is c1ccc(-c2nc(-c3ccccc3)nc(-c3ccc4c(c3)Sc3ccccc3C43c4ccccc4-c4c3ccc3sccc43)n2)cc1. The third-order valence-corrected chi connectivity index (χ3v) is 11.5. The first-order chi connectivity index (χ1) is 23.3. The topological polar surface area (TPSA) is 38.7 Å². The van der Waals surface area contributed by atoms with Gasteiger partial charge in [-0.2, -0.15) is 0 Å². The van der Waals surface area contributed by atoms with E-state index in [4.69, 9.17) is 15.0 Å². The number of hydrogen-bond acceptors (Lipinski definition) is 5. The van der Waals surface area contributed by atoms with Crippen LogP contribution < -0.4 is 0 Å².